The highest BCUT2D eigenvalue weighted by Crippen LogP contribution is 2.26. The quantitative estimate of drug-likeness (QED) is 0.453. The van der Waals surface area contributed by atoms with Crippen molar-refractivity contribution in [2.75, 3.05) is 0 Å². The summed E-state index contributed by atoms with van der Waals surface area (Å²) in [7, 11) is 0. The van der Waals surface area contributed by atoms with Gasteiger partial charge in [-0.3, -0.25) is 0 Å². The Morgan fingerprint density at radius 3 is 1.28 bits per heavy atom. The molecule has 0 fully saturated rings. The van der Waals surface area contributed by atoms with Gasteiger partial charge in [0.1, 0.15) is 45.7 Å². The molecular formula is C22H16F2N2O6. The molecular weight excluding hydrogens is 426 g/mol. The van der Waals surface area contributed by atoms with Gasteiger partial charge in [-0.05, 0) is 62.4 Å². The van der Waals surface area contributed by atoms with Crippen LogP contribution in [0.3, 0.4) is 0 Å². The Morgan fingerprint density at radius 2 is 1.00 bits per heavy atom. The Morgan fingerprint density at radius 1 is 0.688 bits per heavy atom. The van der Waals surface area contributed by atoms with E-state index in [0.717, 1.165) is 0 Å². The molecule has 0 bridgehead atoms. The highest BCUT2D eigenvalue weighted by Gasteiger charge is 2.21. The summed E-state index contributed by atoms with van der Waals surface area (Å²) in [6.07, 6.45) is 0. The topological polar surface area (TPSA) is 127 Å². The zero-order chi connectivity index (χ0) is 23.4. The predicted octanol–water partition coefficient (Wildman–Crippen LogP) is 4.97. The van der Waals surface area contributed by atoms with Gasteiger partial charge in [0.2, 0.25) is 0 Å². The lowest BCUT2D eigenvalue weighted by Crippen LogP contribution is -1.99. The van der Waals surface area contributed by atoms with Gasteiger partial charge in [-0.2, -0.15) is 0 Å². The van der Waals surface area contributed by atoms with Gasteiger partial charge in [-0.15, -0.1) is 0 Å². The molecule has 32 heavy (non-hydrogen) atoms. The first-order chi connectivity index (χ1) is 15.2. The van der Waals surface area contributed by atoms with Crippen molar-refractivity contribution in [3.8, 4) is 22.5 Å². The van der Waals surface area contributed by atoms with E-state index < -0.39 is 11.9 Å². The molecule has 164 valence electrons. The van der Waals surface area contributed by atoms with Gasteiger partial charge in [0, 0.05) is 11.1 Å². The maximum Gasteiger partial charge on any atom is 0.341 e. The standard InChI is InChI=1S/2C11H8FNO3/c2*1-6-9(11(14)15)10(13-16-6)7-2-4-8(12)5-3-7/h2*2-5H,1H3,(H,14,15). The molecule has 0 aliphatic carbocycles. The van der Waals surface area contributed by atoms with E-state index in [0.29, 0.717) is 11.1 Å². The maximum absolute atomic E-state index is 12.7. The van der Waals surface area contributed by atoms with Crippen LogP contribution in [0.15, 0.2) is 57.6 Å². The Balaban J connectivity index is 0.000000181. The molecule has 10 heteroatoms. The molecule has 0 atom stereocenters. The number of aryl methyl sites for hydroxylation is 2. The van der Waals surface area contributed by atoms with Crippen molar-refractivity contribution in [2.45, 2.75) is 13.8 Å². The zero-order valence-corrected chi connectivity index (χ0v) is 16.8. The maximum atomic E-state index is 12.7. The molecule has 0 spiro atoms. The van der Waals surface area contributed by atoms with Gasteiger partial charge < -0.3 is 19.3 Å². The second-order valence-corrected chi connectivity index (χ2v) is 6.55. The van der Waals surface area contributed by atoms with Crippen LogP contribution >= 0.6 is 0 Å². The minimum atomic E-state index is -1.11. The van der Waals surface area contributed by atoms with E-state index in [-0.39, 0.29) is 45.7 Å². The average Bonchev–Trinajstić information content (AvgIpc) is 3.32. The lowest BCUT2D eigenvalue weighted by molar-refractivity contribution is 0.0684. The largest absolute Gasteiger partial charge is 0.477 e. The minimum absolute atomic E-state index is 0.00612. The van der Waals surface area contributed by atoms with Gasteiger partial charge in [-0.1, -0.05) is 10.3 Å². The number of nitrogens with zero attached hydrogens (tertiary/aromatic N) is 2. The second kappa shape index (κ2) is 9.21. The third-order valence-corrected chi connectivity index (χ3v) is 4.39. The van der Waals surface area contributed by atoms with Crippen LogP contribution in [0.5, 0.6) is 0 Å². The summed E-state index contributed by atoms with van der Waals surface area (Å²) in [5.74, 6) is -2.54. The number of benzene rings is 2. The summed E-state index contributed by atoms with van der Waals surface area (Å²) in [4.78, 5) is 21.9. The number of hydrogen-bond donors (Lipinski definition) is 2. The van der Waals surface area contributed by atoms with Crippen LogP contribution in [-0.4, -0.2) is 32.5 Å². The predicted molar refractivity (Wildman–Crippen MR) is 107 cm³/mol. The Hall–Kier alpha value is -4.34. The molecule has 2 N–H and O–H groups in total. The molecule has 0 aliphatic heterocycles. The fourth-order valence-electron chi connectivity index (χ4n) is 2.86. The fraction of sp³-hybridized carbons (Fsp3) is 0.0909. The van der Waals surface area contributed by atoms with Crippen LogP contribution in [0, 0.1) is 25.5 Å². The first kappa shape index (κ1) is 22.3. The fourth-order valence-corrected chi connectivity index (χ4v) is 2.86. The Kier molecular flexibility index (Phi) is 6.43. The smallest absolute Gasteiger partial charge is 0.341 e. The number of carboxylic acids is 2. The molecule has 2 heterocycles. The van der Waals surface area contributed by atoms with E-state index in [4.69, 9.17) is 19.3 Å². The third kappa shape index (κ3) is 4.69. The summed E-state index contributed by atoms with van der Waals surface area (Å²) in [5, 5.41) is 25.3. The number of carboxylic acid groups (broad SMARTS) is 2. The third-order valence-electron chi connectivity index (χ3n) is 4.39. The molecule has 8 nitrogen and oxygen atoms in total. The SMILES string of the molecule is Cc1onc(-c2ccc(F)cc2)c1C(=O)O.Cc1onc(-c2ccc(F)cc2)c1C(=O)O. The van der Waals surface area contributed by atoms with Crippen LogP contribution in [0.1, 0.15) is 32.2 Å². The van der Waals surface area contributed by atoms with Gasteiger partial charge in [-0.25, -0.2) is 18.4 Å². The zero-order valence-electron chi connectivity index (χ0n) is 16.8. The first-order valence-electron chi connectivity index (χ1n) is 9.10. The normalized spacial score (nSPS) is 10.4. The van der Waals surface area contributed by atoms with E-state index in [1.54, 1.807) is 0 Å². The van der Waals surface area contributed by atoms with Crippen molar-refractivity contribution in [3.63, 3.8) is 0 Å². The molecule has 0 saturated carbocycles. The minimum Gasteiger partial charge on any atom is -0.477 e. The van der Waals surface area contributed by atoms with Crippen molar-refractivity contribution < 1.29 is 37.6 Å². The number of aromatic carboxylic acids is 2. The van der Waals surface area contributed by atoms with Gasteiger partial charge in [0.25, 0.3) is 0 Å². The monoisotopic (exact) mass is 442 g/mol. The van der Waals surface area contributed by atoms with E-state index in [2.05, 4.69) is 10.3 Å². The van der Waals surface area contributed by atoms with Crippen LogP contribution in [0.25, 0.3) is 22.5 Å². The van der Waals surface area contributed by atoms with Gasteiger partial charge in [0.15, 0.2) is 0 Å². The molecule has 2 aromatic carbocycles. The summed E-state index contributed by atoms with van der Waals surface area (Å²) in [5.41, 5.74) is 1.46. The molecule has 0 aliphatic rings. The lowest BCUT2D eigenvalue weighted by atomic mass is 10.1. The lowest BCUT2D eigenvalue weighted by Gasteiger charge is -1.97. The average molecular weight is 442 g/mol. The van der Waals surface area contributed by atoms with Crippen LogP contribution in [0.4, 0.5) is 8.78 Å². The molecule has 0 amide bonds. The Labute approximate surface area is 179 Å². The van der Waals surface area contributed by atoms with Crippen LogP contribution < -0.4 is 0 Å². The molecule has 2 aromatic heterocycles. The highest BCUT2D eigenvalue weighted by atomic mass is 19.1. The van der Waals surface area contributed by atoms with Crippen molar-refractivity contribution in [1.82, 2.24) is 10.3 Å². The second-order valence-electron chi connectivity index (χ2n) is 6.55. The number of carbonyl (C=O) groups is 2. The van der Waals surface area contributed by atoms with Crippen molar-refractivity contribution >= 4 is 11.9 Å². The molecule has 0 radical (unpaired) electrons. The summed E-state index contributed by atoms with van der Waals surface area (Å²) in [6.45, 7) is 3.03. The van der Waals surface area contributed by atoms with Gasteiger partial charge >= 0.3 is 11.9 Å². The van der Waals surface area contributed by atoms with Crippen molar-refractivity contribution in [2.24, 2.45) is 0 Å². The number of halogens is 2. The van der Waals surface area contributed by atoms with E-state index >= 15 is 0 Å². The molecule has 4 aromatic rings. The number of rotatable bonds is 4. The summed E-state index contributed by atoms with van der Waals surface area (Å²) in [6, 6.07) is 10.8. The number of hydrogen-bond acceptors (Lipinski definition) is 6. The summed E-state index contributed by atoms with van der Waals surface area (Å²) < 4.78 is 35.0. The van der Waals surface area contributed by atoms with Crippen molar-refractivity contribution in [1.29, 1.82) is 0 Å². The number of aromatic nitrogens is 2. The highest BCUT2D eigenvalue weighted by molar-refractivity contribution is 5.96. The van der Waals surface area contributed by atoms with E-state index in [1.807, 2.05) is 0 Å². The van der Waals surface area contributed by atoms with E-state index in [1.165, 1.54) is 62.4 Å². The van der Waals surface area contributed by atoms with Crippen molar-refractivity contribution in [3.05, 3.63) is 82.8 Å². The van der Waals surface area contributed by atoms with E-state index in [9.17, 15) is 18.4 Å². The Bertz CT molecular complexity index is 1160. The molecule has 0 saturated heterocycles. The van der Waals surface area contributed by atoms with Crippen LogP contribution in [-0.2, 0) is 0 Å². The summed E-state index contributed by atoms with van der Waals surface area (Å²) >= 11 is 0. The van der Waals surface area contributed by atoms with Crippen LogP contribution in [0.2, 0.25) is 0 Å². The molecule has 4 rings (SSSR count). The van der Waals surface area contributed by atoms with Gasteiger partial charge in [0.05, 0.1) is 0 Å². The first-order valence-corrected chi connectivity index (χ1v) is 9.10. The molecule has 0 unspecified atom stereocenters.